The van der Waals surface area contributed by atoms with E-state index in [-0.39, 0.29) is 24.1 Å². The third-order valence-electron chi connectivity index (χ3n) is 4.75. The van der Waals surface area contributed by atoms with Crippen LogP contribution in [0.15, 0.2) is 16.7 Å². The van der Waals surface area contributed by atoms with E-state index < -0.39 is 5.97 Å². The van der Waals surface area contributed by atoms with Gasteiger partial charge in [0.15, 0.2) is 0 Å². The Balaban J connectivity index is 1.73. The minimum absolute atomic E-state index is 0.115. The lowest BCUT2D eigenvalue weighted by atomic mass is 10.1. The van der Waals surface area contributed by atoms with Crippen molar-refractivity contribution in [3.63, 3.8) is 0 Å². The van der Waals surface area contributed by atoms with E-state index in [9.17, 15) is 9.59 Å². The highest BCUT2D eigenvalue weighted by Crippen LogP contribution is 2.24. The topological polar surface area (TPSA) is 97.8 Å². The molecule has 3 rings (SSSR count). The van der Waals surface area contributed by atoms with E-state index in [2.05, 4.69) is 5.10 Å². The molecule has 0 atom stereocenters. The Morgan fingerprint density at radius 3 is 2.62 bits per heavy atom. The van der Waals surface area contributed by atoms with Crippen molar-refractivity contribution in [2.24, 2.45) is 0 Å². The zero-order chi connectivity index (χ0) is 18.8. The van der Waals surface area contributed by atoms with Gasteiger partial charge in [-0.1, -0.05) is 0 Å². The average Bonchev–Trinajstić information content (AvgIpc) is 3.17. The van der Waals surface area contributed by atoms with Crippen molar-refractivity contribution in [3.05, 3.63) is 40.6 Å². The van der Waals surface area contributed by atoms with E-state index in [4.69, 9.17) is 14.3 Å². The monoisotopic (exact) mass is 361 g/mol. The lowest BCUT2D eigenvalue weighted by molar-refractivity contribution is 0.0655. The average molecular weight is 361 g/mol. The molecule has 1 saturated heterocycles. The Morgan fingerprint density at radius 2 is 2.00 bits per heavy atom. The van der Waals surface area contributed by atoms with Crippen molar-refractivity contribution in [2.45, 2.75) is 39.3 Å². The van der Waals surface area contributed by atoms with Crippen molar-refractivity contribution in [1.29, 1.82) is 0 Å². The predicted octanol–water partition coefficient (Wildman–Crippen LogP) is 2.41. The predicted molar refractivity (Wildman–Crippen MR) is 92.3 cm³/mol. The largest absolute Gasteiger partial charge is 0.478 e. The molecule has 0 bridgehead atoms. The van der Waals surface area contributed by atoms with Gasteiger partial charge in [0.05, 0.1) is 24.3 Å². The van der Waals surface area contributed by atoms with Crippen LogP contribution in [-0.2, 0) is 11.3 Å². The van der Waals surface area contributed by atoms with Crippen molar-refractivity contribution in [2.75, 3.05) is 20.3 Å². The Bertz CT molecular complexity index is 817. The summed E-state index contributed by atoms with van der Waals surface area (Å²) in [5.41, 5.74) is 1.49. The van der Waals surface area contributed by atoms with Crippen LogP contribution >= 0.6 is 0 Å². The smallest absolute Gasteiger partial charge is 0.339 e. The van der Waals surface area contributed by atoms with Crippen LogP contribution in [-0.4, -0.2) is 51.9 Å². The van der Waals surface area contributed by atoms with Crippen LogP contribution in [0.1, 0.15) is 56.8 Å². The summed E-state index contributed by atoms with van der Waals surface area (Å²) in [5.74, 6) is -0.450. The number of amides is 1. The molecule has 1 amide bonds. The number of rotatable bonds is 5. The Kier molecular flexibility index (Phi) is 5.13. The molecule has 8 nitrogen and oxygen atoms in total. The molecular formula is C18H23N3O5. The number of hydrogen-bond donors (Lipinski definition) is 1. The Morgan fingerprint density at radius 1 is 1.31 bits per heavy atom. The molecule has 0 saturated carbocycles. The number of aryl methyl sites for hydroxylation is 1. The van der Waals surface area contributed by atoms with Gasteiger partial charge in [0.2, 0.25) is 0 Å². The van der Waals surface area contributed by atoms with E-state index >= 15 is 0 Å². The third-order valence-corrected chi connectivity index (χ3v) is 4.75. The van der Waals surface area contributed by atoms with Crippen molar-refractivity contribution < 1.29 is 23.8 Å². The van der Waals surface area contributed by atoms with Crippen LogP contribution in [0.4, 0.5) is 0 Å². The van der Waals surface area contributed by atoms with Gasteiger partial charge in [-0.25, -0.2) is 4.79 Å². The molecule has 0 aliphatic carbocycles. The van der Waals surface area contributed by atoms with Crippen LogP contribution in [0.3, 0.4) is 0 Å². The number of carboxylic acids is 1. The quantitative estimate of drug-likeness (QED) is 0.878. The van der Waals surface area contributed by atoms with Gasteiger partial charge in [-0.3, -0.25) is 9.48 Å². The molecule has 3 heterocycles. The fourth-order valence-corrected chi connectivity index (χ4v) is 3.28. The first-order valence-electron chi connectivity index (χ1n) is 8.58. The zero-order valence-corrected chi connectivity index (χ0v) is 15.2. The first-order chi connectivity index (χ1) is 12.4. The molecule has 2 aromatic rings. The van der Waals surface area contributed by atoms with Crippen molar-refractivity contribution in [1.82, 2.24) is 14.7 Å². The second kappa shape index (κ2) is 7.33. The summed E-state index contributed by atoms with van der Waals surface area (Å²) < 4.78 is 12.7. The highest BCUT2D eigenvalue weighted by atomic mass is 16.5. The van der Waals surface area contributed by atoms with Gasteiger partial charge in [-0.05, 0) is 32.8 Å². The molecule has 8 heteroatoms. The molecule has 0 unspecified atom stereocenters. The lowest BCUT2D eigenvalue weighted by Gasteiger charge is -2.24. The van der Waals surface area contributed by atoms with Gasteiger partial charge >= 0.3 is 5.97 Å². The molecule has 1 aliphatic heterocycles. The first kappa shape index (κ1) is 18.2. The standard InChI is InChI=1S/C18H23N3O5/c1-11-16(9-19-21(11)13-4-6-25-7-5-13)17(22)20(3)10-14-8-15(18(23)24)12(2)26-14/h8-9,13H,4-7,10H2,1-3H3,(H,23,24). The SMILES string of the molecule is Cc1oc(CN(C)C(=O)c2cnn(C3CCOCC3)c2C)cc1C(=O)O. The van der Waals surface area contributed by atoms with Crippen molar-refractivity contribution in [3.8, 4) is 0 Å². The maximum absolute atomic E-state index is 12.8. The molecule has 0 radical (unpaired) electrons. The summed E-state index contributed by atoms with van der Waals surface area (Å²) in [6, 6.07) is 1.71. The Labute approximate surface area is 151 Å². The van der Waals surface area contributed by atoms with Gasteiger partial charge in [0, 0.05) is 26.0 Å². The summed E-state index contributed by atoms with van der Waals surface area (Å²) in [7, 11) is 1.66. The number of ether oxygens (including phenoxy) is 1. The summed E-state index contributed by atoms with van der Waals surface area (Å²) in [6.07, 6.45) is 3.37. The van der Waals surface area contributed by atoms with Crippen LogP contribution in [0, 0.1) is 13.8 Å². The number of hydrogen-bond acceptors (Lipinski definition) is 5. The van der Waals surface area contributed by atoms with E-state index in [0.717, 1.165) is 18.5 Å². The molecule has 140 valence electrons. The van der Waals surface area contributed by atoms with E-state index in [1.54, 1.807) is 20.2 Å². The zero-order valence-electron chi connectivity index (χ0n) is 15.2. The minimum atomic E-state index is -1.04. The van der Waals surface area contributed by atoms with Crippen LogP contribution < -0.4 is 0 Å². The summed E-state index contributed by atoms with van der Waals surface area (Å²) >= 11 is 0. The summed E-state index contributed by atoms with van der Waals surface area (Å²) in [5, 5.41) is 13.5. The number of nitrogens with zero attached hydrogens (tertiary/aromatic N) is 3. The number of aromatic nitrogens is 2. The molecule has 0 spiro atoms. The van der Waals surface area contributed by atoms with Crippen LogP contribution in [0.25, 0.3) is 0 Å². The maximum Gasteiger partial charge on any atom is 0.339 e. The highest BCUT2D eigenvalue weighted by molar-refractivity contribution is 5.95. The summed E-state index contributed by atoms with van der Waals surface area (Å²) in [4.78, 5) is 25.4. The molecule has 0 aromatic carbocycles. The van der Waals surface area contributed by atoms with Gasteiger partial charge in [0.1, 0.15) is 17.1 Å². The van der Waals surface area contributed by atoms with Crippen LogP contribution in [0.5, 0.6) is 0 Å². The fraction of sp³-hybridized carbons (Fsp3) is 0.500. The second-order valence-electron chi connectivity index (χ2n) is 6.58. The van der Waals surface area contributed by atoms with Crippen LogP contribution in [0.2, 0.25) is 0 Å². The van der Waals surface area contributed by atoms with E-state index in [0.29, 0.717) is 30.3 Å². The van der Waals surface area contributed by atoms with E-state index in [1.165, 1.54) is 11.0 Å². The number of carboxylic acid groups (broad SMARTS) is 1. The van der Waals surface area contributed by atoms with Gasteiger partial charge in [0.25, 0.3) is 5.91 Å². The van der Waals surface area contributed by atoms with Gasteiger partial charge in [-0.2, -0.15) is 5.10 Å². The summed E-state index contributed by atoms with van der Waals surface area (Å²) in [6.45, 7) is 5.09. The minimum Gasteiger partial charge on any atom is -0.478 e. The van der Waals surface area contributed by atoms with Gasteiger partial charge < -0.3 is 19.2 Å². The second-order valence-corrected chi connectivity index (χ2v) is 6.58. The molecular weight excluding hydrogens is 338 g/mol. The molecule has 1 N–H and O–H groups in total. The molecule has 2 aromatic heterocycles. The van der Waals surface area contributed by atoms with Gasteiger partial charge in [-0.15, -0.1) is 0 Å². The number of aromatic carboxylic acids is 1. The third kappa shape index (κ3) is 3.50. The lowest BCUT2D eigenvalue weighted by Crippen LogP contribution is -2.27. The van der Waals surface area contributed by atoms with E-state index in [1.807, 2.05) is 11.6 Å². The maximum atomic E-state index is 12.8. The fourth-order valence-electron chi connectivity index (χ4n) is 3.28. The molecule has 1 aliphatic rings. The molecule has 26 heavy (non-hydrogen) atoms. The first-order valence-corrected chi connectivity index (χ1v) is 8.58. The Hall–Kier alpha value is -2.61. The number of carbonyl (C=O) groups excluding carboxylic acids is 1. The number of carbonyl (C=O) groups is 2. The normalized spacial score (nSPS) is 15.2. The number of furan rings is 1. The highest BCUT2D eigenvalue weighted by Gasteiger charge is 2.24. The molecule has 1 fully saturated rings. The van der Waals surface area contributed by atoms with Crippen molar-refractivity contribution >= 4 is 11.9 Å².